The number of esters is 1. The molecular formula is C32H45N3O10S. The zero-order valence-electron chi connectivity index (χ0n) is 27.0. The van der Waals surface area contributed by atoms with Gasteiger partial charge in [-0.1, -0.05) is 50.6 Å². The van der Waals surface area contributed by atoms with Crippen LogP contribution in [0.5, 0.6) is 0 Å². The Kier molecular flexibility index (Phi) is 13.5. The van der Waals surface area contributed by atoms with E-state index in [0.29, 0.717) is 12.2 Å². The van der Waals surface area contributed by atoms with Gasteiger partial charge in [-0.15, -0.1) is 0 Å². The maximum absolute atomic E-state index is 13.9. The van der Waals surface area contributed by atoms with Crippen molar-refractivity contribution < 1.29 is 46.6 Å². The third kappa shape index (κ3) is 10.2. The summed E-state index contributed by atoms with van der Waals surface area (Å²) in [5, 5.41) is 11.8. The molecule has 3 rings (SSSR count). The number of ether oxygens (including phenoxy) is 2. The largest absolute Gasteiger partial charge is 0.460 e. The Morgan fingerprint density at radius 1 is 1.20 bits per heavy atom. The van der Waals surface area contributed by atoms with Gasteiger partial charge in [0.1, 0.15) is 24.2 Å². The number of carbonyl (C=O) groups excluding carboxylic acids is 4. The summed E-state index contributed by atoms with van der Waals surface area (Å²) >= 11 is 0. The second-order valence-corrected chi connectivity index (χ2v) is 14.2. The van der Waals surface area contributed by atoms with E-state index in [9.17, 15) is 32.7 Å². The van der Waals surface area contributed by atoms with Gasteiger partial charge in [-0.3, -0.25) is 14.4 Å². The third-order valence-electron chi connectivity index (χ3n) is 7.79. The smallest absolute Gasteiger partial charge is 0.330 e. The lowest BCUT2D eigenvalue weighted by Gasteiger charge is -2.31. The number of rotatable bonds is 6. The fraction of sp³-hybridized carbons (Fsp3) is 0.594. The molecule has 0 aliphatic carbocycles. The number of hydrogen-bond donors (Lipinski definition) is 2. The predicted molar refractivity (Wildman–Crippen MR) is 168 cm³/mol. The molecule has 46 heavy (non-hydrogen) atoms. The Balaban J connectivity index is 1.99. The lowest BCUT2D eigenvalue weighted by molar-refractivity contribution is -0.157. The number of carbonyl (C=O) groups is 4. The Hall–Kier alpha value is -3.62. The number of hydrogen-bond acceptors (Lipinski definition) is 11. The molecule has 2 N–H and O–H groups in total. The average Bonchev–Trinajstić information content (AvgIpc) is 3.64. The van der Waals surface area contributed by atoms with E-state index in [1.54, 1.807) is 39.0 Å². The zero-order valence-corrected chi connectivity index (χ0v) is 27.8. The molecule has 2 bridgehead atoms. The number of aliphatic hydroxyl groups is 1. The number of cyclic esters (lactones) is 1. The van der Waals surface area contributed by atoms with E-state index < -0.39 is 56.9 Å². The van der Waals surface area contributed by atoms with Gasteiger partial charge in [0.15, 0.2) is 15.5 Å². The van der Waals surface area contributed by atoms with Crippen LogP contribution in [0, 0.1) is 11.8 Å². The molecule has 2 amide bonds. The van der Waals surface area contributed by atoms with E-state index in [4.69, 9.17) is 13.9 Å². The van der Waals surface area contributed by atoms with Crippen molar-refractivity contribution >= 4 is 33.4 Å². The second-order valence-electron chi connectivity index (χ2n) is 11.9. The standard InChI is InChI=1S/C32H45N3O10S/c1-6-43-14-15-46(41,42)26-11-13-35-29(26)32(40)45-30(20(2)3)22(5)9-10-27(38)33-12-7-8-21(4)16-23(36)17-24(37)18-28-34-25(19-44-28)31(35)39/h7-10,16,19-20,22-23,26,29-30,36H,6,11-15,17-18H2,1-5H3,(H,33,38)/b8-7+,10-9+,21-16+/t22-,23-,26-,29-,30-/m1/s1. The van der Waals surface area contributed by atoms with Gasteiger partial charge in [0, 0.05) is 32.0 Å². The molecule has 1 aromatic heterocycles. The summed E-state index contributed by atoms with van der Waals surface area (Å²) in [4.78, 5) is 57.9. The van der Waals surface area contributed by atoms with Gasteiger partial charge in [-0.05, 0) is 32.3 Å². The summed E-state index contributed by atoms with van der Waals surface area (Å²) in [6.45, 7) is 9.31. The van der Waals surface area contributed by atoms with E-state index in [0.717, 1.165) is 11.2 Å². The van der Waals surface area contributed by atoms with Crippen LogP contribution in [0.3, 0.4) is 0 Å². The lowest BCUT2D eigenvalue weighted by atomic mass is 9.94. The maximum atomic E-state index is 13.9. The van der Waals surface area contributed by atoms with Crippen LogP contribution in [0.4, 0.5) is 0 Å². The van der Waals surface area contributed by atoms with E-state index in [2.05, 4.69) is 10.3 Å². The number of nitrogens with zero attached hydrogens (tertiary/aromatic N) is 2. The number of allylic oxidation sites excluding steroid dienone is 2. The number of oxazole rings is 1. The van der Waals surface area contributed by atoms with Crippen molar-refractivity contribution in [3.05, 3.63) is 53.8 Å². The fourth-order valence-electron chi connectivity index (χ4n) is 5.51. The number of fused-ring (bicyclic) bond motifs is 3. The van der Waals surface area contributed by atoms with Crippen molar-refractivity contribution in [1.29, 1.82) is 0 Å². The molecule has 0 unspecified atom stereocenters. The number of sulfone groups is 1. The fourth-order valence-corrected chi connectivity index (χ4v) is 7.28. The average molecular weight is 664 g/mol. The first kappa shape index (κ1) is 36.8. The van der Waals surface area contributed by atoms with Gasteiger partial charge in [0.2, 0.25) is 11.8 Å². The second kappa shape index (κ2) is 16.8. The molecule has 13 nitrogen and oxygen atoms in total. The van der Waals surface area contributed by atoms with Gasteiger partial charge in [-0.2, -0.15) is 0 Å². The van der Waals surface area contributed by atoms with Crippen molar-refractivity contribution in [2.24, 2.45) is 11.8 Å². The molecule has 0 spiro atoms. The van der Waals surface area contributed by atoms with Gasteiger partial charge < -0.3 is 29.2 Å². The normalized spacial score (nSPS) is 28.6. The highest BCUT2D eigenvalue weighted by Gasteiger charge is 2.50. The summed E-state index contributed by atoms with van der Waals surface area (Å²) in [5.74, 6) is -3.47. The summed E-state index contributed by atoms with van der Waals surface area (Å²) in [7, 11) is -3.91. The number of amides is 2. The Morgan fingerprint density at radius 2 is 1.93 bits per heavy atom. The lowest BCUT2D eigenvalue weighted by Crippen LogP contribution is -2.50. The highest BCUT2D eigenvalue weighted by atomic mass is 32.2. The van der Waals surface area contributed by atoms with Crippen molar-refractivity contribution in [1.82, 2.24) is 15.2 Å². The summed E-state index contributed by atoms with van der Waals surface area (Å²) < 4.78 is 43.4. The number of aromatic nitrogens is 1. The van der Waals surface area contributed by atoms with Crippen molar-refractivity contribution in [3.8, 4) is 0 Å². The molecule has 1 fully saturated rings. The van der Waals surface area contributed by atoms with Crippen LogP contribution in [0.2, 0.25) is 0 Å². The molecule has 0 aromatic carbocycles. The Bertz CT molecular complexity index is 1450. The first-order valence-corrected chi connectivity index (χ1v) is 17.2. The van der Waals surface area contributed by atoms with Crippen molar-refractivity contribution in [2.75, 3.05) is 32.1 Å². The summed E-state index contributed by atoms with van der Waals surface area (Å²) in [5.41, 5.74) is 0.483. The van der Waals surface area contributed by atoms with Crippen LogP contribution >= 0.6 is 0 Å². The Labute approximate surface area is 270 Å². The van der Waals surface area contributed by atoms with Crippen molar-refractivity contribution in [3.63, 3.8) is 0 Å². The molecule has 0 saturated carbocycles. The van der Waals surface area contributed by atoms with E-state index >= 15 is 0 Å². The highest BCUT2D eigenvalue weighted by Crippen LogP contribution is 2.30. The zero-order chi connectivity index (χ0) is 34.0. The van der Waals surface area contributed by atoms with Crippen LogP contribution in [-0.4, -0.2) is 103 Å². The minimum absolute atomic E-state index is 0.00952. The first-order chi connectivity index (χ1) is 21.7. The monoisotopic (exact) mass is 663 g/mol. The molecule has 2 aliphatic heterocycles. The molecule has 5 atom stereocenters. The SMILES string of the molecule is CCOCCS(=O)(=O)[C@@H]1CCN2C(=O)c3coc(n3)CC(=O)C[C@H](O)/C=C(C)/C=C/CNC(=O)/C=C/[C@@H](C)[C@@H](C(C)C)OC(=O)[C@@H]12. The molecule has 14 heteroatoms. The summed E-state index contributed by atoms with van der Waals surface area (Å²) in [6.07, 6.45) is 6.55. The molecule has 2 aliphatic rings. The van der Waals surface area contributed by atoms with Crippen LogP contribution < -0.4 is 5.32 Å². The van der Waals surface area contributed by atoms with Crippen molar-refractivity contribution in [2.45, 2.75) is 77.4 Å². The number of nitrogens with one attached hydrogen (secondary N) is 1. The van der Waals surface area contributed by atoms with Gasteiger partial charge in [0.05, 0.1) is 30.1 Å². The number of Topliss-reactive ketones (excluding diaryl/α,β-unsaturated/α-hetero) is 1. The van der Waals surface area contributed by atoms with Gasteiger partial charge >= 0.3 is 5.97 Å². The van der Waals surface area contributed by atoms with E-state index in [1.807, 2.05) is 13.8 Å². The maximum Gasteiger partial charge on any atom is 0.330 e. The topological polar surface area (TPSA) is 182 Å². The molecule has 3 heterocycles. The van der Waals surface area contributed by atoms with Gasteiger partial charge in [-0.25, -0.2) is 18.2 Å². The molecule has 254 valence electrons. The number of aliphatic hydroxyl groups excluding tert-OH is 1. The molecule has 1 saturated heterocycles. The number of ketones is 1. The minimum atomic E-state index is -3.91. The van der Waals surface area contributed by atoms with Crippen LogP contribution in [0.1, 0.15) is 63.8 Å². The van der Waals surface area contributed by atoms with Crippen LogP contribution in [0.15, 0.2) is 46.6 Å². The minimum Gasteiger partial charge on any atom is -0.460 e. The molecule has 1 aromatic rings. The quantitative estimate of drug-likeness (QED) is 0.335. The van der Waals surface area contributed by atoms with Crippen LogP contribution in [0.25, 0.3) is 0 Å². The summed E-state index contributed by atoms with van der Waals surface area (Å²) in [6, 6.07) is -1.47. The Morgan fingerprint density at radius 3 is 2.63 bits per heavy atom. The third-order valence-corrected chi connectivity index (χ3v) is 9.94. The molecule has 0 radical (unpaired) electrons. The first-order valence-electron chi connectivity index (χ1n) is 15.5. The van der Waals surface area contributed by atoms with E-state index in [-0.39, 0.29) is 68.1 Å². The molecular weight excluding hydrogens is 618 g/mol. The highest BCUT2D eigenvalue weighted by molar-refractivity contribution is 7.92. The van der Waals surface area contributed by atoms with Crippen LogP contribution in [-0.2, 0) is 40.1 Å². The predicted octanol–water partition coefficient (Wildman–Crippen LogP) is 1.96. The van der Waals surface area contributed by atoms with Gasteiger partial charge in [0.25, 0.3) is 5.91 Å². The van der Waals surface area contributed by atoms with E-state index in [1.165, 1.54) is 12.2 Å².